The van der Waals surface area contributed by atoms with E-state index in [1.807, 2.05) is 6.07 Å². The van der Waals surface area contributed by atoms with E-state index in [9.17, 15) is 10.0 Å². The number of hydrogen-bond donors (Lipinski definition) is 2. The Kier molecular flexibility index (Phi) is 5.64. The molecule has 21 heavy (non-hydrogen) atoms. The van der Waals surface area contributed by atoms with Crippen molar-refractivity contribution in [3.05, 3.63) is 23.8 Å². The second kappa shape index (κ2) is 7.27. The molecule has 0 amide bonds. The van der Waals surface area contributed by atoms with Gasteiger partial charge in [0.15, 0.2) is 0 Å². The lowest BCUT2D eigenvalue weighted by atomic mass is 9.76. The van der Waals surface area contributed by atoms with E-state index in [1.165, 1.54) is 0 Å². The Balaban J connectivity index is 2.20. The van der Waals surface area contributed by atoms with Gasteiger partial charge in [0.2, 0.25) is 0 Å². The van der Waals surface area contributed by atoms with Gasteiger partial charge < -0.3 is 19.7 Å². The summed E-state index contributed by atoms with van der Waals surface area (Å²) < 4.78 is 5.26. The van der Waals surface area contributed by atoms with Crippen LogP contribution in [0.2, 0.25) is 0 Å². The normalized spacial score (nSPS) is 21.1. The molecule has 1 atom stereocenters. The SMILES string of the molecule is COc1ccc(B(O)O)c(CN2CCCN(C)CC2C)c1. The summed E-state index contributed by atoms with van der Waals surface area (Å²) in [6.45, 7) is 6.08. The molecule has 1 heterocycles. The number of likely N-dealkylation sites (N-methyl/N-ethyl adjacent to an activating group) is 1. The first-order chi connectivity index (χ1) is 10.0. The standard InChI is InChI=1S/C15H25BN2O3/c1-12-10-17(2)7-4-8-18(12)11-13-9-14(21-3)5-6-15(13)16(19)20/h5-6,9,12,19-20H,4,7-8,10-11H2,1-3H3. The molecule has 0 spiro atoms. The van der Waals surface area contributed by atoms with Crippen LogP contribution >= 0.6 is 0 Å². The molecule has 0 radical (unpaired) electrons. The van der Waals surface area contributed by atoms with Crippen molar-refractivity contribution in [1.82, 2.24) is 9.80 Å². The van der Waals surface area contributed by atoms with Crippen molar-refractivity contribution in [3.63, 3.8) is 0 Å². The average molecular weight is 292 g/mol. The predicted octanol–water partition coefficient (Wildman–Crippen LogP) is -0.0990. The number of benzene rings is 1. The quantitative estimate of drug-likeness (QED) is 0.759. The fourth-order valence-electron chi connectivity index (χ4n) is 2.97. The van der Waals surface area contributed by atoms with E-state index >= 15 is 0 Å². The first-order valence-corrected chi connectivity index (χ1v) is 7.46. The van der Waals surface area contributed by atoms with Crippen molar-refractivity contribution < 1.29 is 14.8 Å². The maximum Gasteiger partial charge on any atom is 0.488 e. The molecule has 0 bridgehead atoms. The number of rotatable bonds is 4. The predicted molar refractivity (Wildman–Crippen MR) is 84.8 cm³/mol. The maximum absolute atomic E-state index is 9.55. The number of nitrogens with zero attached hydrogens (tertiary/aromatic N) is 2. The van der Waals surface area contributed by atoms with Crippen LogP contribution in [-0.4, -0.2) is 66.8 Å². The molecule has 1 aromatic carbocycles. The third kappa shape index (κ3) is 4.20. The van der Waals surface area contributed by atoms with Crippen molar-refractivity contribution in [2.24, 2.45) is 0 Å². The van der Waals surface area contributed by atoms with Gasteiger partial charge in [-0.05, 0) is 50.1 Å². The van der Waals surface area contributed by atoms with Crippen molar-refractivity contribution in [2.45, 2.75) is 25.9 Å². The topological polar surface area (TPSA) is 56.2 Å². The van der Waals surface area contributed by atoms with Crippen molar-refractivity contribution in [3.8, 4) is 5.75 Å². The van der Waals surface area contributed by atoms with E-state index in [0.717, 1.165) is 37.4 Å². The Morgan fingerprint density at radius 2 is 2.10 bits per heavy atom. The summed E-state index contributed by atoms with van der Waals surface area (Å²) in [6, 6.07) is 5.83. The fourth-order valence-corrected chi connectivity index (χ4v) is 2.97. The Bertz CT molecular complexity index is 470. The highest BCUT2D eigenvalue weighted by molar-refractivity contribution is 6.59. The van der Waals surface area contributed by atoms with Crippen LogP contribution in [0.15, 0.2) is 18.2 Å². The van der Waals surface area contributed by atoms with Gasteiger partial charge in [0, 0.05) is 25.7 Å². The van der Waals surface area contributed by atoms with Gasteiger partial charge in [-0.1, -0.05) is 6.07 Å². The molecule has 2 N–H and O–H groups in total. The zero-order valence-corrected chi connectivity index (χ0v) is 13.1. The zero-order valence-electron chi connectivity index (χ0n) is 13.1. The maximum atomic E-state index is 9.55. The zero-order chi connectivity index (χ0) is 15.4. The molecule has 0 aromatic heterocycles. The van der Waals surface area contributed by atoms with Gasteiger partial charge in [0.05, 0.1) is 7.11 Å². The Morgan fingerprint density at radius 3 is 2.76 bits per heavy atom. The van der Waals surface area contributed by atoms with Gasteiger partial charge in [-0.3, -0.25) is 4.90 Å². The largest absolute Gasteiger partial charge is 0.497 e. The van der Waals surface area contributed by atoms with E-state index in [-0.39, 0.29) is 0 Å². The molecule has 116 valence electrons. The van der Waals surface area contributed by atoms with Crippen LogP contribution in [0.4, 0.5) is 0 Å². The van der Waals surface area contributed by atoms with Gasteiger partial charge in [-0.15, -0.1) is 0 Å². The highest BCUT2D eigenvalue weighted by Gasteiger charge is 2.23. The van der Waals surface area contributed by atoms with Gasteiger partial charge in [-0.25, -0.2) is 0 Å². The van der Waals surface area contributed by atoms with E-state index in [2.05, 4.69) is 23.8 Å². The molecule has 1 saturated heterocycles. The van der Waals surface area contributed by atoms with Gasteiger partial charge in [0.25, 0.3) is 0 Å². The highest BCUT2D eigenvalue weighted by Crippen LogP contribution is 2.17. The molecule has 0 saturated carbocycles. The summed E-state index contributed by atoms with van der Waals surface area (Å²) in [7, 11) is 2.32. The Labute approximate surface area is 127 Å². The van der Waals surface area contributed by atoms with Crippen LogP contribution in [0, 0.1) is 0 Å². The molecule has 0 aliphatic carbocycles. The molecular weight excluding hydrogens is 267 g/mol. The van der Waals surface area contributed by atoms with Gasteiger partial charge in [0.1, 0.15) is 5.75 Å². The van der Waals surface area contributed by atoms with Crippen LogP contribution in [-0.2, 0) is 6.54 Å². The minimum Gasteiger partial charge on any atom is -0.497 e. The Hall–Kier alpha value is -1.08. The van der Waals surface area contributed by atoms with Crippen molar-refractivity contribution in [1.29, 1.82) is 0 Å². The lowest BCUT2D eigenvalue weighted by Gasteiger charge is -2.28. The number of ether oxygens (including phenoxy) is 1. The van der Waals surface area contributed by atoms with Crippen LogP contribution in [0.1, 0.15) is 18.9 Å². The van der Waals surface area contributed by atoms with Crippen molar-refractivity contribution >= 4 is 12.6 Å². The third-order valence-corrected chi connectivity index (χ3v) is 4.19. The molecule has 2 rings (SSSR count). The average Bonchev–Trinajstić information content (AvgIpc) is 2.60. The summed E-state index contributed by atoms with van der Waals surface area (Å²) in [4.78, 5) is 4.74. The molecule has 1 unspecified atom stereocenters. The molecule has 1 aromatic rings. The molecule has 1 fully saturated rings. The fraction of sp³-hybridized carbons (Fsp3) is 0.600. The lowest BCUT2D eigenvalue weighted by Crippen LogP contribution is -2.40. The van der Waals surface area contributed by atoms with E-state index in [1.54, 1.807) is 19.2 Å². The van der Waals surface area contributed by atoms with Gasteiger partial charge >= 0.3 is 7.12 Å². The summed E-state index contributed by atoms with van der Waals surface area (Å²) in [6.07, 6.45) is 1.13. The van der Waals surface area contributed by atoms with Gasteiger partial charge in [-0.2, -0.15) is 0 Å². The van der Waals surface area contributed by atoms with E-state index in [0.29, 0.717) is 18.0 Å². The second-order valence-corrected chi connectivity index (χ2v) is 5.87. The van der Waals surface area contributed by atoms with Crippen LogP contribution in [0.3, 0.4) is 0 Å². The van der Waals surface area contributed by atoms with E-state index < -0.39 is 7.12 Å². The van der Waals surface area contributed by atoms with Crippen molar-refractivity contribution in [2.75, 3.05) is 33.8 Å². The minimum absolute atomic E-state index is 0.437. The number of hydrogen-bond acceptors (Lipinski definition) is 5. The highest BCUT2D eigenvalue weighted by atomic mass is 16.5. The monoisotopic (exact) mass is 292 g/mol. The molecule has 5 nitrogen and oxygen atoms in total. The van der Waals surface area contributed by atoms with Crippen LogP contribution < -0.4 is 10.2 Å². The van der Waals surface area contributed by atoms with Crippen LogP contribution in [0.25, 0.3) is 0 Å². The molecule has 1 aliphatic heterocycles. The lowest BCUT2D eigenvalue weighted by molar-refractivity contribution is 0.194. The third-order valence-electron chi connectivity index (χ3n) is 4.19. The summed E-state index contributed by atoms with van der Waals surface area (Å²) in [5.74, 6) is 0.744. The molecule has 6 heteroatoms. The summed E-state index contributed by atoms with van der Waals surface area (Å²) in [5.41, 5.74) is 1.47. The first-order valence-electron chi connectivity index (χ1n) is 7.46. The molecular formula is C15H25BN2O3. The van der Waals surface area contributed by atoms with E-state index in [4.69, 9.17) is 4.74 Å². The van der Waals surface area contributed by atoms with Crippen LogP contribution in [0.5, 0.6) is 5.75 Å². The molecule has 1 aliphatic rings. The first kappa shape index (κ1) is 16.3. The Morgan fingerprint density at radius 1 is 1.33 bits per heavy atom. The minimum atomic E-state index is -1.45. The number of methoxy groups -OCH3 is 1. The second-order valence-electron chi connectivity index (χ2n) is 5.87. The summed E-state index contributed by atoms with van der Waals surface area (Å²) in [5, 5.41) is 19.1. The summed E-state index contributed by atoms with van der Waals surface area (Å²) >= 11 is 0. The smallest absolute Gasteiger partial charge is 0.488 e.